The minimum Gasteiger partial charge on any atom is -0.324 e. The summed E-state index contributed by atoms with van der Waals surface area (Å²) in [7, 11) is -2.48. The first-order valence-corrected chi connectivity index (χ1v) is 14.8. The van der Waals surface area contributed by atoms with E-state index in [4.69, 9.17) is 19.2 Å². The molecular weight excluding hydrogens is 557 g/mol. The van der Waals surface area contributed by atoms with Crippen molar-refractivity contribution in [3.05, 3.63) is 95.9 Å². The normalized spacial score (nSPS) is 14.0. The van der Waals surface area contributed by atoms with Crippen molar-refractivity contribution in [2.45, 2.75) is 13.5 Å². The van der Waals surface area contributed by atoms with Crippen LogP contribution in [0.3, 0.4) is 0 Å². The predicted octanol–water partition coefficient (Wildman–Crippen LogP) is 3.66. The van der Waals surface area contributed by atoms with Crippen LogP contribution in [0.4, 0.5) is 17.3 Å². The minimum absolute atomic E-state index is 0.143. The van der Waals surface area contributed by atoms with Crippen molar-refractivity contribution in [1.82, 2.24) is 24.8 Å². The smallest absolute Gasteiger partial charge is 0.324 e. The zero-order valence-electron chi connectivity index (χ0n) is 23.4. The molecule has 1 aliphatic heterocycles. The van der Waals surface area contributed by atoms with Gasteiger partial charge in [0.2, 0.25) is 5.95 Å². The first-order chi connectivity index (χ1) is 20.0. The van der Waals surface area contributed by atoms with E-state index in [0.717, 1.165) is 55.2 Å². The maximum atomic E-state index is 12.9. The van der Waals surface area contributed by atoms with Crippen molar-refractivity contribution >= 4 is 31.1 Å². The third kappa shape index (κ3) is 9.81. The molecule has 0 spiro atoms. The van der Waals surface area contributed by atoms with E-state index >= 15 is 0 Å². The van der Waals surface area contributed by atoms with Crippen LogP contribution in [-0.2, 0) is 11.1 Å². The minimum atomic E-state index is -4.64. The Balaban J connectivity index is 0.000000748. The van der Waals surface area contributed by atoms with Crippen LogP contribution in [0.1, 0.15) is 21.5 Å². The molecule has 0 aliphatic carbocycles. The van der Waals surface area contributed by atoms with Crippen LogP contribution in [0.2, 0.25) is 0 Å². The van der Waals surface area contributed by atoms with E-state index in [1.165, 1.54) is 5.56 Å². The van der Waals surface area contributed by atoms with E-state index < -0.39 is 7.82 Å². The third-order valence-corrected chi connectivity index (χ3v) is 6.57. The zero-order chi connectivity index (χ0) is 30.1. The average molecular weight is 592 g/mol. The van der Waals surface area contributed by atoms with E-state index in [0.29, 0.717) is 17.2 Å². The number of phosphoric acid groups is 1. The fraction of sp³-hybridized carbons (Fsp3) is 0.241. The predicted molar refractivity (Wildman–Crippen MR) is 161 cm³/mol. The zero-order valence-corrected chi connectivity index (χ0v) is 24.3. The van der Waals surface area contributed by atoms with Gasteiger partial charge in [0.05, 0.1) is 5.69 Å². The Bertz CT molecular complexity index is 1520. The molecule has 1 saturated heterocycles. The second kappa shape index (κ2) is 14.2. The van der Waals surface area contributed by atoms with Gasteiger partial charge >= 0.3 is 7.82 Å². The summed E-state index contributed by atoms with van der Waals surface area (Å²) >= 11 is 0. The number of aromatic nitrogens is 3. The van der Waals surface area contributed by atoms with Crippen LogP contribution < -0.4 is 10.6 Å². The molecule has 2 aromatic heterocycles. The molecule has 5 N–H and O–H groups in total. The molecule has 0 unspecified atom stereocenters. The Morgan fingerprint density at radius 3 is 2.36 bits per heavy atom. The van der Waals surface area contributed by atoms with Gasteiger partial charge in [-0.05, 0) is 67.6 Å². The van der Waals surface area contributed by atoms with Crippen molar-refractivity contribution in [3.63, 3.8) is 0 Å². The summed E-state index contributed by atoms with van der Waals surface area (Å²) in [4.78, 5) is 52.4. The number of benzene rings is 2. The fourth-order valence-corrected chi connectivity index (χ4v) is 4.28. The van der Waals surface area contributed by atoms with Crippen molar-refractivity contribution in [1.29, 1.82) is 0 Å². The Hall–Kier alpha value is -4.03. The largest absolute Gasteiger partial charge is 0.466 e. The van der Waals surface area contributed by atoms with E-state index in [-0.39, 0.29) is 5.91 Å². The molecule has 4 aromatic rings. The topological polar surface area (TPSA) is 164 Å². The van der Waals surface area contributed by atoms with Gasteiger partial charge in [0.1, 0.15) is 0 Å². The van der Waals surface area contributed by atoms with Gasteiger partial charge in [0.15, 0.2) is 0 Å². The lowest BCUT2D eigenvalue weighted by Gasteiger charge is -2.32. The number of likely N-dealkylation sites (N-methyl/N-ethyl adjacent to an activating group) is 1. The molecule has 12 nitrogen and oxygen atoms in total. The van der Waals surface area contributed by atoms with Crippen LogP contribution in [0.25, 0.3) is 11.3 Å². The van der Waals surface area contributed by atoms with E-state index in [1.807, 2.05) is 67.6 Å². The lowest BCUT2D eigenvalue weighted by molar-refractivity contribution is 0.102. The van der Waals surface area contributed by atoms with Gasteiger partial charge in [-0.25, -0.2) is 14.5 Å². The number of amides is 1. The third-order valence-electron chi connectivity index (χ3n) is 6.57. The number of hydrogen-bond donors (Lipinski definition) is 5. The van der Waals surface area contributed by atoms with Crippen molar-refractivity contribution in [2.24, 2.45) is 0 Å². The van der Waals surface area contributed by atoms with Crippen molar-refractivity contribution in [2.75, 3.05) is 43.9 Å². The van der Waals surface area contributed by atoms with Crippen LogP contribution >= 0.6 is 7.82 Å². The number of piperazine rings is 1. The summed E-state index contributed by atoms with van der Waals surface area (Å²) in [5, 5.41) is 6.29. The molecule has 5 rings (SSSR count). The van der Waals surface area contributed by atoms with Crippen molar-refractivity contribution < 1.29 is 24.0 Å². The Morgan fingerprint density at radius 2 is 1.69 bits per heavy atom. The number of hydrogen-bond acceptors (Lipinski definition) is 8. The maximum absolute atomic E-state index is 12.9. The van der Waals surface area contributed by atoms with Gasteiger partial charge in [-0.3, -0.25) is 14.7 Å². The highest BCUT2D eigenvalue weighted by molar-refractivity contribution is 7.45. The van der Waals surface area contributed by atoms with Gasteiger partial charge < -0.3 is 30.2 Å². The molecule has 220 valence electrons. The molecule has 0 radical (unpaired) electrons. The molecular formula is C29H34N7O5P. The number of nitrogens with one attached hydrogen (secondary N) is 2. The van der Waals surface area contributed by atoms with Gasteiger partial charge in [-0.2, -0.15) is 0 Å². The lowest BCUT2D eigenvalue weighted by atomic mass is 10.1. The standard InChI is InChI=1S/C29H31N7O.H3O4P/c1-21-5-10-25(18-27(21)34-29-31-13-11-26(33-29)24-4-3-12-30-19-24)32-28(37)23-8-6-22(7-9-23)20-36-16-14-35(2)15-17-36;1-5(2,3)4/h3-13,18-19H,14-17,20H2,1-2H3,(H,32,37)(H,31,33,34);(H3,1,2,3,4). The maximum Gasteiger partial charge on any atom is 0.466 e. The van der Waals surface area contributed by atoms with Gasteiger partial charge in [0, 0.05) is 73.8 Å². The summed E-state index contributed by atoms with van der Waals surface area (Å²) in [6.07, 6.45) is 5.22. The number of anilines is 3. The van der Waals surface area contributed by atoms with Crippen LogP contribution in [0.15, 0.2) is 79.3 Å². The second-order valence-electron chi connectivity index (χ2n) is 9.91. The highest BCUT2D eigenvalue weighted by Crippen LogP contribution is 2.26. The molecule has 2 aromatic carbocycles. The Morgan fingerprint density at radius 1 is 0.976 bits per heavy atom. The summed E-state index contributed by atoms with van der Waals surface area (Å²) < 4.78 is 8.88. The number of aryl methyl sites for hydroxylation is 1. The number of rotatable bonds is 7. The summed E-state index contributed by atoms with van der Waals surface area (Å²) in [5.74, 6) is 0.333. The number of carbonyl (C=O) groups is 1. The molecule has 0 saturated carbocycles. The van der Waals surface area contributed by atoms with Gasteiger partial charge in [-0.15, -0.1) is 0 Å². The molecule has 0 bridgehead atoms. The molecule has 1 amide bonds. The SMILES string of the molecule is Cc1ccc(NC(=O)c2ccc(CN3CCN(C)CC3)cc2)cc1Nc1nccc(-c2cccnc2)n1.O=P(O)(O)O. The van der Waals surface area contributed by atoms with E-state index in [2.05, 4.69) is 42.4 Å². The molecule has 0 atom stereocenters. The first kappa shape index (κ1) is 30.9. The van der Waals surface area contributed by atoms with E-state index in [9.17, 15) is 4.79 Å². The van der Waals surface area contributed by atoms with Crippen molar-refractivity contribution in [3.8, 4) is 11.3 Å². The molecule has 1 fully saturated rings. The number of carbonyl (C=O) groups excluding carboxylic acids is 1. The number of pyridine rings is 1. The fourth-order valence-electron chi connectivity index (χ4n) is 4.28. The van der Waals surface area contributed by atoms with Crippen LogP contribution in [0, 0.1) is 6.92 Å². The van der Waals surface area contributed by atoms with Crippen LogP contribution in [-0.4, -0.2) is 78.6 Å². The number of nitrogens with zero attached hydrogens (tertiary/aromatic N) is 5. The Kier molecular flexibility index (Phi) is 10.5. The average Bonchev–Trinajstić information content (AvgIpc) is 2.96. The van der Waals surface area contributed by atoms with Gasteiger partial charge in [0.25, 0.3) is 5.91 Å². The lowest BCUT2D eigenvalue weighted by Crippen LogP contribution is -2.43. The molecule has 42 heavy (non-hydrogen) atoms. The van der Waals surface area contributed by atoms with Crippen LogP contribution in [0.5, 0.6) is 0 Å². The summed E-state index contributed by atoms with van der Waals surface area (Å²) in [6.45, 7) is 7.24. The Labute approximate surface area is 244 Å². The molecule has 3 heterocycles. The summed E-state index contributed by atoms with van der Waals surface area (Å²) in [5.41, 5.74) is 6.08. The first-order valence-electron chi connectivity index (χ1n) is 13.2. The molecule has 1 aliphatic rings. The molecule has 13 heteroatoms. The monoisotopic (exact) mass is 591 g/mol. The van der Waals surface area contributed by atoms with Gasteiger partial charge in [-0.1, -0.05) is 18.2 Å². The highest BCUT2D eigenvalue weighted by atomic mass is 31.2. The quantitative estimate of drug-likeness (QED) is 0.199. The summed E-state index contributed by atoms with van der Waals surface area (Å²) in [6, 6.07) is 19.3. The second-order valence-corrected chi connectivity index (χ2v) is 10.9. The highest BCUT2D eigenvalue weighted by Gasteiger charge is 2.14. The van der Waals surface area contributed by atoms with E-state index in [1.54, 1.807) is 18.6 Å².